The second kappa shape index (κ2) is 11.6. The fourth-order valence-corrected chi connectivity index (χ4v) is 4.96. The van der Waals surface area contributed by atoms with Crippen molar-refractivity contribution < 1.29 is 19.1 Å². The maximum atomic E-state index is 13.6. The lowest BCUT2D eigenvalue weighted by Crippen LogP contribution is -2.50. The standard InChI is InChI=1S/C29H32N7O4Si/c1-5-24(37)34-29(3,41)17-40-23-11-9-10-21-25(23)36-12-7-6-8-13-39-27-20(16-30-35(27)4)22-15-19(14-18(2)31-22)26(38)33-28(36)32-21/h5,9-11,14-16H,1,6-8,12-13,17H2,2-4H3,(H,34,37)(H,32,33,38). The first-order valence-corrected chi connectivity index (χ1v) is 13.9. The quantitative estimate of drug-likeness (QED) is 0.278. The van der Waals surface area contributed by atoms with Crippen molar-refractivity contribution in [3.63, 3.8) is 0 Å². The van der Waals surface area contributed by atoms with E-state index in [1.807, 2.05) is 36.7 Å². The van der Waals surface area contributed by atoms with E-state index in [4.69, 9.17) is 14.5 Å². The fraction of sp³-hybridized carbons (Fsp3) is 0.345. The van der Waals surface area contributed by atoms with Crippen LogP contribution in [0.1, 0.15) is 42.2 Å². The predicted molar refractivity (Wildman–Crippen MR) is 156 cm³/mol. The Labute approximate surface area is 241 Å². The van der Waals surface area contributed by atoms with Crippen LogP contribution < -0.4 is 20.1 Å². The van der Waals surface area contributed by atoms with Crippen molar-refractivity contribution in [3.8, 4) is 22.9 Å². The van der Waals surface area contributed by atoms with Crippen LogP contribution in [0.25, 0.3) is 22.3 Å². The first-order chi connectivity index (χ1) is 19.6. The number of hydrogen-bond acceptors (Lipinski definition) is 7. The molecule has 0 spiro atoms. The number of para-hydroxylation sites is 1. The lowest BCUT2D eigenvalue weighted by atomic mass is 10.1. The molecule has 41 heavy (non-hydrogen) atoms. The van der Waals surface area contributed by atoms with Gasteiger partial charge in [-0.05, 0) is 63.5 Å². The van der Waals surface area contributed by atoms with E-state index in [9.17, 15) is 9.59 Å². The van der Waals surface area contributed by atoms with Gasteiger partial charge in [-0.1, -0.05) is 12.6 Å². The number of carbonyl (C=O) groups excluding carboxylic acids is 2. The molecule has 0 saturated carbocycles. The van der Waals surface area contributed by atoms with Crippen molar-refractivity contribution >= 4 is 39.0 Å². The molecule has 1 atom stereocenters. The SMILES string of the molecule is C=CC(=O)NC(C)([Si])COc1cccc2nc3n(c12)CCCCCOc1c(cnn1C)-c1cc(cc(C)n1)C(=O)N3. The number of rotatable bonds is 5. The number of pyridine rings is 1. The Morgan fingerprint density at radius 3 is 2.93 bits per heavy atom. The molecule has 2 N–H and O–H groups in total. The summed E-state index contributed by atoms with van der Waals surface area (Å²) < 4.78 is 16.0. The minimum absolute atomic E-state index is 0.140. The minimum Gasteiger partial charge on any atom is -0.489 e. The molecule has 0 aliphatic carbocycles. The molecule has 2 bridgehead atoms. The lowest BCUT2D eigenvalue weighted by molar-refractivity contribution is -0.117. The predicted octanol–water partition coefficient (Wildman–Crippen LogP) is 3.52. The highest BCUT2D eigenvalue weighted by molar-refractivity contribution is 6.17. The number of nitrogens with one attached hydrogen (secondary N) is 2. The summed E-state index contributed by atoms with van der Waals surface area (Å²) in [5.41, 5.74) is 3.92. The monoisotopic (exact) mass is 570 g/mol. The third kappa shape index (κ3) is 6.17. The van der Waals surface area contributed by atoms with Gasteiger partial charge in [0.05, 0.1) is 45.0 Å². The van der Waals surface area contributed by atoms with E-state index in [-0.39, 0.29) is 18.4 Å². The summed E-state index contributed by atoms with van der Waals surface area (Å²) in [7, 11) is 5.40. The maximum Gasteiger partial charge on any atom is 0.258 e. The zero-order valence-electron chi connectivity index (χ0n) is 23.4. The van der Waals surface area contributed by atoms with Crippen LogP contribution in [0.3, 0.4) is 0 Å². The van der Waals surface area contributed by atoms with Crippen LogP contribution in [0.15, 0.2) is 49.2 Å². The number of aryl methyl sites for hydroxylation is 3. The van der Waals surface area contributed by atoms with Crippen LogP contribution in [-0.2, 0) is 18.4 Å². The molecule has 5 rings (SSSR count). The van der Waals surface area contributed by atoms with Gasteiger partial charge in [0.1, 0.15) is 17.9 Å². The van der Waals surface area contributed by atoms with E-state index in [0.717, 1.165) is 30.3 Å². The second-order valence-corrected chi connectivity index (χ2v) is 11.4. The normalized spacial score (nSPS) is 15.3. The fourth-order valence-electron chi connectivity index (χ4n) is 4.77. The molecule has 211 valence electrons. The molecule has 3 aromatic heterocycles. The maximum absolute atomic E-state index is 13.6. The van der Waals surface area contributed by atoms with Crippen molar-refractivity contribution in [1.29, 1.82) is 0 Å². The number of carbonyl (C=O) groups is 2. The highest BCUT2D eigenvalue weighted by atomic mass is 28.1. The van der Waals surface area contributed by atoms with E-state index >= 15 is 0 Å². The topological polar surface area (TPSA) is 125 Å². The summed E-state index contributed by atoms with van der Waals surface area (Å²) in [4.78, 5) is 34.8. The van der Waals surface area contributed by atoms with Gasteiger partial charge in [-0.3, -0.25) is 19.9 Å². The Kier molecular flexibility index (Phi) is 7.93. The molecule has 4 aromatic rings. The van der Waals surface area contributed by atoms with Gasteiger partial charge in [-0.2, -0.15) is 5.10 Å². The van der Waals surface area contributed by atoms with Gasteiger partial charge in [-0.25, -0.2) is 9.67 Å². The van der Waals surface area contributed by atoms with E-state index in [1.165, 1.54) is 6.08 Å². The summed E-state index contributed by atoms with van der Waals surface area (Å²) >= 11 is 0. The smallest absolute Gasteiger partial charge is 0.258 e. The van der Waals surface area contributed by atoms with Gasteiger partial charge in [0.2, 0.25) is 17.7 Å². The Balaban J connectivity index is 1.51. The Bertz CT molecular complexity index is 1620. The van der Waals surface area contributed by atoms with Gasteiger partial charge in [0, 0.05) is 24.8 Å². The molecule has 11 nitrogen and oxygen atoms in total. The van der Waals surface area contributed by atoms with Gasteiger partial charge in [-0.15, -0.1) is 0 Å². The molecule has 1 aliphatic rings. The molecule has 12 heteroatoms. The van der Waals surface area contributed by atoms with Gasteiger partial charge in [0.25, 0.3) is 5.91 Å². The van der Waals surface area contributed by atoms with Crippen LogP contribution in [-0.4, -0.2) is 64.7 Å². The molecule has 1 unspecified atom stereocenters. The third-order valence-electron chi connectivity index (χ3n) is 6.70. The molecular weight excluding hydrogens is 538 g/mol. The number of amides is 2. The van der Waals surface area contributed by atoms with Gasteiger partial charge in [0.15, 0.2) is 0 Å². The van der Waals surface area contributed by atoms with Crippen LogP contribution in [0, 0.1) is 6.92 Å². The first-order valence-electron chi connectivity index (χ1n) is 13.4. The van der Waals surface area contributed by atoms with Crippen molar-refractivity contribution in [3.05, 3.63) is 60.4 Å². The number of aromatic nitrogens is 5. The molecule has 3 radical (unpaired) electrons. The van der Waals surface area contributed by atoms with E-state index in [2.05, 4.69) is 37.5 Å². The second-order valence-electron chi connectivity index (χ2n) is 10.3. The van der Waals surface area contributed by atoms with Crippen molar-refractivity contribution in [1.82, 2.24) is 29.6 Å². The minimum atomic E-state index is -0.828. The number of anilines is 1. The average molecular weight is 571 g/mol. The van der Waals surface area contributed by atoms with Gasteiger partial charge < -0.3 is 19.4 Å². The zero-order valence-corrected chi connectivity index (χ0v) is 24.4. The van der Waals surface area contributed by atoms with Crippen LogP contribution >= 0.6 is 0 Å². The summed E-state index contributed by atoms with van der Waals surface area (Å²) in [6.45, 7) is 8.40. The molecule has 2 amide bonds. The number of hydrogen-bond donors (Lipinski definition) is 2. The Morgan fingerprint density at radius 1 is 1.29 bits per heavy atom. The number of fused-ring (bicyclic) bond motifs is 7. The number of nitrogens with zero attached hydrogens (tertiary/aromatic N) is 5. The van der Waals surface area contributed by atoms with E-state index < -0.39 is 5.16 Å². The number of benzene rings is 1. The summed E-state index contributed by atoms with van der Waals surface area (Å²) in [6, 6.07) is 9.06. The van der Waals surface area contributed by atoms with Crippen molar-refractivity contribution in [2.75, 3.05) is 18.5 Å². The summed E-state index contributed by atoms with van der Waals surface area (Å²) in [5.74, 6) is 0.997. The third-order valence-corrected chi connectivity index (χ3v) is 6.97. The molecule has 1 aliphatic heterocycles. The molecule has 0 fully saturated rings. The van der Waals surface area contributed by atoms with Crippen molar-refractivity contribution in [2.45, 2.75) is 44.8 Å². The average Bonchev–Trinajstić information content (AvgIpc) is 3.48. The molecular formula is C29H32N7O4Si. The summed E-state index contributed by atoms with van der Waals surface area (Å²) in [5, 5.41) is 9.34. The number of imidazole rings is 1. The van der Waals surface area contributed by atoms with Crippen molar-refractivity contribution in [2.24, 2.45) is 7.05 Å². The number of ether oxygens (including phenoxy) is 2. The largest absolute Gasteiger partial charge is 0.489 e. The lowest BCUT2D eigenvalue weighted by Gasteiger charge is -2.26. The highest BCUT2D eigenvalue weighted by Gasteiger charge is 2.24. The van der Waals surface area contributed by atoms with Crippen LogP contribution in [0.2, 0.25) is 0 Å². The van der Waals surface area contributed by atoms with Crippen LogP contribution in [0.5, 0.6) is 11.6 Å². The first kappa shape index (κ1) is 28.1. The van der Waals surface area contributed by atoms with E-state index in [1.54, 1.807) is 29.9 Å². The Morgan fingerprint density at radius 2 is 2.12 bits per heavy atom. The Hall–Kier alpha value is -4.45. The van der Waals surface area contributed by atoms with Gasteiger partial charge >= 0.3 is 0 Å². The van der Waals surface area contributed by atoms with E-state index in [0.29, 0.717) is 53.2 Å². The molecule has 4 heterocycles. The zero-order chi connectivity index (χ0) is 29.1. The summed E-state index contributed by atoms with van der Waals surface area (Å²) in [6.07, 6.45) is 5.46. The van der Waals surface area contributed by atoms with Crippen LogP contribution in [0.4, 0.5) is 5.95 Å². The highest BCUT2D eigenvalue weighted by Crippen LogP contribution is 2.32. The molecule has 0 saturated heterocycles. The molecule has 1 aromatic carbocycles.